The zero-order valence-corrected chi connectivity index (χ0v) is 29.7. The summed E-state index contributed by atoms with van der Waals surface area (Å²) in [5.74, 6) is 4.12. The lowest BCUT2D eigenvalue weighted by molar-refractivity contribution is 0.382. The first kappa shape index (κ1) is 31.9. The minimum absolute atomic E-state index is 0.0176. The standard InChI is InChI=1S/C43H48N4O/c1-9-13-31-23-27(2)22-28(3)41(31)42-29(4)45-47(30(42)5)33-14-12-15-34(25-33)48-35-18-19-37-36-16-10-11-17-38(36)46(39(37)26-35)40-24-32(20-21-44-40)43(6,7)8/h10-12,14-21,23-28,41H,9,13,22H2,1-8H3/t27-,28+,41?/m1/s1. The quantitative estimate of drug-likeness (QED) is 0.164. The van der Waals surface area contributed by atoms with E-state index >= 15 is 0 Å². The predicted molar refractivity (Wildman–Crippen MR) is 199 cm³/mol. The Bertz CT molecular complexity index is 2160. The van der Waals surface area contributed by atoms with Crippen molar-refractivity contribution in [2.75, 3.05) is 0 Å². The van der Waals surface area contributed by atoms with Gasteiger partial charge in [-0.3, -0.25) is 4.57 Å². The fourth-order valence-corrected chi connectivity index (χ4v) is 8.06. The Balaban J connectivity index is 1.26. The minimum atomic E-state index is 0.0176. The summed E-state index contributed by atoms with van der Waals surface area (Å²) in [6, 6.07) is 27.6. The number of aryl methyl sites for hydroxylation is 1. The molecule has 48 heavy (non-hydrogen) atoms. The van der Waals surface area contributed by atoms with Gasteiger partial charge in [-0.2, -0.15) is 5.10 Å². The van der Waals surface area contributed by atoms with E-state index in [9.17, 15) is 0 Å². The maximum Gasteiger partial charge on any atom is 0.137 e. The average molecular weight is 637 g/mol. The van der Waals surface area contributed by atoms with Crippen LogP contribution in [0.3, 0.4) is 0 Å². The van der Waals surface area contributed by atoms with Crippen molar-refractivity contribution in [3.05, 3.63) is 119 Å². The largest absolute Gasteiger partial charge is 0.457 e. The monoisotopic (exact) mass is 636 g/mol. The maximum absolute atomic E-state index is 6.60. The lowest BCUT2D eigenvalue weighted by atomic mass is 9.71. The zero-order chi connectivity index (χ0) is 33.7. The van der Waals surface area contributed by atoms with Crippen molar-refractivity contribution in [3.8, 4) is 23.0 Å². The first-order valence-electron chi connectivity index (χ1n) is 17.6. The van der Waals surface area contributed by atoms with E-state index in [4.69, 9.17) is 14.8 Å². The third-order valence-corrected chi connectivity index (χ3v) is 10.2. The number of hydrogen-bond donors (Lipinski definition) is 0. The molecule has 7 rings (SSSR count). The molecule has 0 spiro atoms. The molecule has 6 aromatic rings. The second-order valence-electron chi connectivity index (χ2n) is 14.9. The fraction of sp³-hybridized carbons (Fsp3) is 0.349. The maximum atomic E-state index is 6.60. The smallest absolute Gasteiger partial charge is 0.137 e. The third kappa shape index (κ3) is 5.74. The van der Waals surface area contributed by atoms with E-state index in [0.717, 1.165) is 46.2 Å². The van der Waals surface area contributed by atoms with Crippen LogP contribution in [0.25, 0.3) is 33.3 Å². The molecule has 3 heterocycles. The van der Waals surface area contributed by atoms with Gasteiger partial charge in [0.25, 0.3) is 0 Å². The lowest BCUT2D eigenvalue weighted by Gasteiger charge is -2.34. The number of rotatable bonds is 7. The zero-order valence-electron chi connectivity index (χ0n) is 29.7. The topological polar surface area (TPSA) is 44.9 Å². The second-order valence-corrected chi connectivity index (χ2v) is 14.9. The van der Waals surface area contributed by atoms with E-state index in [1.54, 1.807) is 5.57 Å². The van der Waals surface area contributed by atoms with Crippen LogP contribution in [0, 0.1) is 25.7 Å². The number of fused-ring (bicyclic) bond motifs is 3. The van der Waals surface area contributed by atoms with Crippen LogP contribution in [-0.2, 0) is 5.41 Å². The molecule has 246 valence electrons. The molecule has 0 N–H and O–H groups in total. The van der Waals surface area contributed by atoms with Crippen molar-refractivity contribution in [1.29, 1.82) is 0 Å². The first-order valence-corrected chi connectivity index (χ1v) is 17.6. The van der Waals surface area contributed by atoms with Gasteiger partial charge in [0.05, 0.1) is 22.4 Å². The fourth-order valence-electron chi connectivity index (χ4n) is 8.06. The third-order valence-electron chi connectivity index (χ3n) is 10.2. The van der Waals surface area contributed by atoms with Gasteiger partial charge in [0.15, 0.2) is 0 Å². The molecule has 1 aliphatic carbocycles. The highest BCUT2D eigenvalue weighted by Gasteiger charge is 2.32. The SMILES string of the molecule is CCCC1=C[C@H](C)C[C@H](C)C1c1c(C)nn(-c2cccc(Oc3ccc4c5ccccc5n(-c5cc(C(C)(C)C)ccn5)c4c3)c2)c1C. The molecule has 3 aromatic heterocycles. The number of pyridine rings is 1. The highest BCUT2D eigenvalue weighted by molar-refractivity contribution is 6.09. The van der Waals surface area contributed by atoms with Crippen LogP contribution in [0.1, 0.15) is 89.2 Å². The Morgan fingerprint density at radius 3 is 2.42 bits per heavy atom. The normalized spacial score (nSPS) is 18.4. The summed E-state index contributed by atoms with van der Waals surface area (Å²) in [6.07, 6.45) is 7.98. The number of ether oxygens (including phenoxy) is 1. The summed E-state index contributed by atoms with van der Waals surface area (Å²) in [5.41, 5.74) is 9.79. The Kier molecular flexibility index (Phi) is 8.27. The van der Waals surface area contributed by atoms with Gasteiger partial charge in [0.2, 0.25) is 0 Å². The molecular weight excluding hydrogens is 589 g/mol. The van der Waals surface area contributed by atoms with Crippen LogP contribution in [0.5, 0.6) is 11.5 Å². The van der Waals surface area contributed by atoms with Crippen LogP contribution >= 0.6 is 0 Å². The van der Waals surface area contributed by atoms with Gasteiger partial charge in [0, 0.05) is 46.3 Å². The van der Waals surface area contributed by atoms with Crippen molar-refractivity contribution in [1.82, 2.24) is 19.3 Å². The van der Waals surface area contributed by atoms with E-state index in [2.05, 4.69) is 144 Å². The molecule has 0 amide bonds. The molecule has 0 fully saturated rings. The molecule has 3 atom stereocenters. The van der Waals surface area contributed by atoms with E-state index in [1.807, 2.05) is 12.3 Å². The van der Waals surface area contributed by atoms with Crippen LogP contribution < -0.4 is 4.74 Å². The number of para-hydroxylation sites is 1. The van der Waals surface area contributed by atoms with Crippen LogP contribution in [0.4, 0.5) is 0 Å². The molecule has 5 heteroatoms. The van der Waals surface area contributed by atoms with Gasteiger partial charge in [-0.25, -0.2) is 9.67 Å². The van der Waals surface area contributed by atoms with E-state index in [-0.39, 0.29) is 5.41 Å². The molecule has 3 aromatic carbocycles. The number of allylic oxidation sites excluding steroid dienone is 2. The minimum Gasteiger partial charge on any atom is -0.457 e. The van der Waals surface area contributed by atoms with E-state index in [1.165, 1.54) is 40.4 Å². The number of benzene rings is 3. The van der Waals surface area contributed by atoms with E-state index in [0.29, 0.717) is 17.8 Å². The Labute approximate surface area is 285 Å². The average Bonchev–Trinajstić information content (AvgIpc) is 3.53. The molecule has 1 unspecified atom stereocenters. The number of aromatic nitrogens is 4. The summed E-state index contributed by atoms with van der Waals surface area (Å²) < 4.78 is 11.0. The molecule has 0 aliphatic heterocycles. The number of hydrogen-bond acceptors (Lipinski definition) is 3. The van der Waals surface area contributed by atoms with Gasteiger partial charge >= 0.3 is 0 Å². The highest BCUT2D eigenvalue weighted by atomic mass is 16.5. The Morgan fingerprint density at radius 2 is 1.62 bits per heavy atom. The van der Waals surface area contributed by atoms with Crippen molar-refractivity contribution >= 4 is 21.8 Å². The molecule has 0 saturated heterocycles. The molecule has 0 radical (unpaired) electrons. The van der Waals surface area contributed by atoms with Gasteiger partial charge in [-0.1, -0.05) is 83.9 Å². The first-order chi connectivity index (χ1) is 23.0. The summed E-state index contributed by atoms with van der Waals surface area (Å²) >= 11 is 0. The summed E-state index contributed by atoms with van der Waals surface area (Å²) in [6.45, 7) is 18.2. The Hall–Kier alpha value is -4.64. The van der Waals surface area contributed by atoms with Crippen LogP contribution in [0.2, 0.25) is 0 Å². The summed E-state index contributed by atoms with van der Waals surface area (Å²) in [7, 11) is 0. The van der Waals surface area contributed by atoms with Gasteiger partial charge in [-0.05, 0) is 92.0 Å². The van der Waals surface area contributed by atoms with Crippen molar-refractivity contribution in [2.24, 2.45) is 11.8 Å². The summed E-state index contributed by atoms with van der Waals surface area (Å²) in [5, 5.41) is 7.48. The van der Waals surface area contributed by atoms with Crippen LogP contribution in [0.15, 0.2) is 96.7 Å². The molecule has 5 nitrogen and oxygen atoms in total. The predicted octanol–water partition coefficient (Wildman–Crippen LogP) is 11.6. The van der Waals surface area contributed by atoms with Crippen molar-refractivity contribution < 1.29 is 4.74 Å². The number of nitrogens with zero attached hydrogens (tertiary/aromatic N) is 4. The molecular formula is C43H48N4O. The van der Waals surface area contributed by atoms with Gasteiger partial charge < -0.3 is 4.74 Å². The van der Waals surface area contributed by atoms with E-state index < -0.39 is 0 Å². The molecule has 1 aliphatic rings. The molecule has 0 saturated carbocycles. The lowest BCUT2D eigenvalue weighted by Crippen LogP contribution is -2.21. The van der Waals surface area contributed by atoms with Crippen molar-refractivity contribution in [2.45, 2.75) is 86.0 Å². The summed E-state index contributed by atoms with van der Waals surface area (Å²) in [4.78, 5) is 4.84. The second kappa shape index (κ2) is 12.4. The van der Waals surface area contributed by atoms with Gasteiger partial charge in [-0.15, -0.1) is 0 Å². The van der Waals surface area contributed by atoms with Crippen molar-refractivity contribution in [3.63, 3.8) is 0 Å². The molecule has 0 bridgehead atoms. The van der Waals surface area contributed by atoms with Crippen LogP contribution in [-0.4, -0.2) is 19.3 Å². The van der Waals surface area contributed by atoms with Gasteiger partial charge in [0.1, 0.15) is 17.3 Å². The Morgan fingerprint density at radius 1 is 0.854 bits per heavy atom. The highest BCUT2D eigenvalue weighted by Crippen LogP contribution is 2.45.